The quantitative estimate of drug-likeness (QED) is 0.301. The van der Waals surface area contributed by atoms with Crippen LogP contribution in [0.15, 0.2) is 0 Å². The van der Waals surface area contributed by atoms with Crippen molar-refractivity contribution in [3.8, 4) is 0 Å². The molecule has 0 bridgehead atoms. The standard InChI is InChI=1S/C13H6F14O/c1-28-3(4-5(14)7(16)9(18)8(17)6(4)15)2-10(19,20)11(21,22)12(23,24)13(25,26)27/h3H,2H2,1H3. The van der Waals surface area contributed by atoms with Crippen LogP contribution in [-0.2, 0) is 4.74 Å². The van der Waals surface area contributed by atoms with Gasteiger partial charge in [-0.2, -0.15) is 39.5 Å². The molecular weight excluding hydrogens is 438 g/mol. The number of rotatable bonds is 6. The summed E-state index contributed by atoms with van der Waals surface area (Å²) in [7, 11) is 0.221. The lowest BCUT2D eigenvalue weighted by molar-refractivity contribution is -0.398. The maximum Gasteiger partial charge on any atom is 0.460 e. The lowest BCUT2D eigenvalue weighted by Gasteiger charge is -2.35. The summed E-state index contributed by atoms with van der Waals surface area (Å²) in [6, 6.07) is 0. The Morgan fingerprint density at radius 2 is 1.00 bits per heavy atom. The molecule has 1 rings (SSSR count). The molecule has 0 amide bonds. The molecule has 0 fully saturated rings. The highest BCUT2D eigenvalue weighted by atomic mass is 19.4. The smallest absolute Gasteiger partial charge is 0.376 e. The van der Waals surface area contributed by atoms with Gasteiger partial charge in [-0.15, -0.1) is 0 Å². The zero-order valence-corrected chi connectivity index (χ0v) is 13.0. The molecule has 1 aromatic rings. The van der Waals surface area contributed by atoms with E-state index in [0.717, 1.165) is 0 Å². The van der Waals surface area contributed by atoms with E-state index in [0.29, 0.717) is 0 Å². The summed E-state index contributed by atoms with van der Waals surface area (Å²) in [6.07, 6.45) is -13.4. The molecule has 0 saturated heterocycles. The Balaban J connectivity index is 3.50. The van der Waals surface area contributed by atoms with Crippen molar-refractivity contribution in [3.63, 3.8) is 0 Å². The van der Waals surface area contributed by atoms with Crippen LogP contribution in [0.25, 0.3) is 0 Å². The molecule has 0 N–H and O–H groups in total. The van der Waals surface area contributed by atoms with E-state index in [1.165, 1.54) is 0 Å². The predicted octanol–water partition coefficient (Wildman–Crippen LogP) is 5.93. The fourth-order valence-electron chi connectivity index (χ4n) is 1.98. The third-order valence-corrected chi connectivity index (χ3v) is 3.50. The first-order chi connectivity index (χ1) is 12.3. The van der Waals surface area contributed by atoms with Crippen molar-refractivity contribution in [2.24, 2.45) is 0 Å². The van der Waals surface area contributed by atoms with E-state index in [2.05, 4.69) is 4.74 Å². The molecule has 1 atom stereocenters. The lowest BCUT2D eigenvalue weighted by atomic mass is 9.94. The summed E-state index contributed by atoms with van der Waals surface area (Å²) in [4.78, 5) is 0. The van der Waals surface area contributed by atoms with Gasteiger partial charge in [0, 0.05) is 13.5 Å². The van der Waals surface area contributed by atoms with E-state index in [-0.39, 0.29) is 7.11 Å². The maximum atomic E-state index is 13.6. The SMILES string of the molecule is COC(CC(F)(F)C(F)(F)C(F)(F)C(F)(F)F)c1c(F)c(F)c(F)c(F)c1F. The number of halogens is 14. The summed E-state index contributed by atoms with van der Waals surface area (Å²) in [6.45, 7) is 0. The summed E-state index contributed by atoms with van der Waals surface area (Å²) < 4.78 is 185. The molecule has 1 aromatic carbocycles. The number of hydrogen-bond acceptors (Lipinski definition) is 1. The minimum Gasteiger partial charge on any atom is -0.376 e. The second-order valence-electron chi connectivity index (χ2n) is 5.26. The topological polar surface area (TPSA) is 9.23 Å². The highest BCUT2D eigenvalue weighted by Crippen LogP contribution is 2.55. The second-order valence-corrected chi connectivity index (χ2v) is 5.26. The van der Waals surface area contributed by atoms with E-state index in [1.54, 1.807) is 0 Å². The average molecular weight is 444 g/mol. The number of benzene rings is 1. The number of alkyl halides is 9. The molecule has 162 valence electrons. The van der Waals surface area contributed by atoms with Gasteiger partial charge in [0.2, 0.25) is 5.82 Å². The van der Waals surface area contributed by atoms with Gasteiger partial charge >= 0.3 is 23.9 Å². The third kappa shape index (κ3) is 3.59. The molecule has 0 saturated carbocycles. The molecule has 1 unspecified atom stereocenters. The number of ether oxygens (including phenoxy) is 1. The Kier molecular flexibility index (Phi) is 6.25. The van der Waals surface area contributed by atoms with Gasteiger partial charge in [0.25, 0.3) is 0 Å². The average Bonchev–Trinajstić information content (AvgIpc) is 2.55. The molecule has 15 heteroatoms. The van der Waals surface area contributed by atoms with Gasteiger partial charge < -0.3 is 4.74 Å². The minimum absolute atomic E-state index is 0.221. The van der Waals surface area contributed by atoms with E-state index >= 15 is 0 Å². The Morgan fingerprint density at radius 1 is 0.643 bits per heavy atom. The molecule has 0 aliphatic heterocycles. The summed E-state index contributed by atoms with van der Waals surface area (Å²) in [5.74, 6) is -34.7. The summed E-state index contributed by atoms with van der Waals surface area (Å²) in [5, 5.41) is 0. The van der Waals surface area contributed by atoms with Crippen LogP contribution in [0.3, 0.4) is 0 Å². The molecule has 1 nitrogen and oxygen atoms in total. The monoisotopic (exact) mass is 444 g/mol. The van der Waals surface area contributed by atoms with Gasteiger partial charge in [0.15, 0.2) is 23.3 Å². The number of hydrogen-bond donors (Lipinski definition) is 0. The van der Waals surface area contributed by atoms with Crippen LogP contribution in [0.2, 0.25) is 0 Å². The highest BCUT2D eigenvalue weighted by Gasteiger charge is 2.81. The van der Waals surface area contributed by atoms with E-state index in [4.69, 9.17) is 0 Å². The maximum absolute atomic E-state index is 13.6. The van der Waals surface area contributed by atoms with Crippen molar-refractivity contribution in [2.75, 3.05) is 7.11 Å². The highest BCUT2D eigenvalue weighted by molar-refractivity contribution is 5.27. The van der Waals surface area contributed by atoms with Gasteiger partial charge in [-0.1, -0.05) is 0 Å². The summed E-state index contributed by atoms with van der Waals surface area (Å²) >= 11 is 0. The molecule has 0 aromatic heterocycles. The van der Waals surface area contributed by atoms with Crippen LogP contribution < -0.4 is 0 Å². The predicted molar refractivity (Wildman–Crippen MR) is 61.5 cm³/mol. The van der Waals surface area contributed by atoms with Gasteiger partial charge in [-0.05, 0) is 0 Å². The van der Waals surface area contributed by atoms with Crippen LogP contribution in [0.4, 0.5) is 61.5 Å². The van der Waals surface area contributed by atoms with E-state index < -0.39 is 71.1 Å². The van der Waals surface area contributed by atoms with Crippen molar-refractivity contribution < 1.29 is 66.2 Å². The first-order valence-electron chi connectivity index (χ1n) is 6.59. The molecule has 0 spiro atoms. The first kappa shape index (κ1) is 24.2. The van der Waals surface area contributed by atoms with Crippen LogP contribution in [0.1, 0.15) is 18.1 Å². The Labute approximate surface area is 145 Å². The van der Waals surface area contributed by atoms with Gasteiger partial charge in [-0.3, -0.25) is 0 Å². The Morgan fingerprint density at radius 3 is 1.32 bits per heavy atom. The summed E-state index contributed by atoms with van der Waals surface area (Å²) in [5.41, 5.74) is -2.26. The first-order valence-corrected chi connectivity index (χ1v) is 6.59. The fourth-order valence-corrected chi connectivity index (χ4v) is 1.98. The zero-order valence-electron chi connectivity index (χ0n) is 13.0. The molecular formula is C13H6F14O. The Hall–Kier alpha value is -1.80. The van der Waals surface area contributed by atoms with Crippen LogP contribution in [0, 0.1) is 29.1 Å². The zero-order chi connectivity index (χ0) is 22.5. The molecule has 0 heterocycles. The second kappa shape index (κ2) is 7.22. The van der Waals surface area contributed by atoms with Gasteiger partial charge in [-0.25, -0.2) is 22.0 Å². The van der Waals surface area contributed by atoms with Crippen LogP contribution in [-0.4, -0.2) is 31.1 Å². The minimum atomic E-state index is -7.31. The van der Waals surface area contributed by atoms with Crippen LogP contribution >= 0.6 is 0 Å². The third-order valence-electron chi connectivity index (χ3n) is 3.50. The van der Waals surface area contributed by atoms with Gasteiger partial charge in [0.1, 0.15) is 0 Å². The Bertz CT molecular complexity index is 709. The largest absolute Gasteiger partial charge is 0.460 e. The molecule has 0 aliphatic carbocycles. The number of methoxy groups -OCH3 is 1. The van der Waals surface area contributed by atoms with Crippen molar-refractivity contribution in [1.82, 2.24) is 0 Å². The van der Waals surface area contributed by atoms with Crippen molar-refractivity contribution in [1.29, 1.82) is 0 Å². The molecule has 28 heavy (non-hydrogen) atoms. The van der Waals surface area contributed by atoms with Gasteiger partial charge in [0.05, 0.1) is 11.7 Å². The van der Waals surface area contributed by atoms with Crippen molar-refractivity contribution >= 4 is 0 Å². The van der Waals surface area contributed by atoms with Crippen molar-refractivity contribution in [3.05, 3.63) is 34.6 Å². The fraction of sp³-hybridized carbons (Fsp3) is 0.538. The van der Waals surface area contributed by atoms with Crippen molar-refractivity contribution in [2.45, 2.75) is 36.5 Å². The molecule has 0 aliphatic rings. The normalized spacial score (nSPS) is 15.1. The lowest BCUT2D eigenvalue weighted by Crippen LogP contribution is -2.61. The van der Waals surface area contributed by atoms with E-state index in [1.807, 2.05) is 0 Å². The van der Waals surface area contributed by atoms with E-state index in [9.17, 15) is 61.5 Å². The molecule has 0 radical (unpaired) electrons. The van der Waals surface area contributed by atoms with Crippen LogP contribution in [0.5, 0.6) is 0 Å².